The van der Waals surface area contributed by atoms with Crippen LogP contribution in [0.25, 0.3) is 0 Å². The largest absolute Gasteiger partial charge is 0.493 e. The maximum Gasteiger partial charge on any atom is 0.170 e. The number of ether oxygens (including phenoxy) is 3. The van der Waals surface area contributed by atoms with Crippen molar-refractivity contribution in [1.82, 2.24) is 0 Å². The minimum atomic E-state index is 0.550. The Morgan fingerprint density at radius 1 is 1.04 bits per heavy atom. The highest BCUT2D eigenvalue weighted by Gasteiger charge is 2.14. The zero-order chi connectivity index (χ0) is 18.7. The van der Waals surface area contributed by atoms with Crippen molar-refractivity contribution in [3.05, 3.63) is 59.7 Å². The number of hydrogen-bond acceptors (Lipinski definition) is 3. The molecule has 27 heavy (non-hydrogen) atoms. The lowest BCUT2D eigenvalue weighted by Crippen LogP contribution is -3.14. The number of methoxy groups -OCH3 is 1. The Morgan fingerprint density at radius 2 is 1.85 bits per heavy atom. The lowest BCUT2D eigenvalue weighted by molar-refractivity contribution is -0.909. The predicted octanol–water partition coefficient (Wildman–Crippen LogP) is 0.643. The molecule has 0 aromatic heterocycles. The van der Waals surface area contributed by atoms with Crippen molar-refractivity contribution in [3.8, 4) is 11.5 Å². The van der Waals surface area contributed by atoms with Crippen molar-refractivity contribution in [1.29, 1.82) is 0 Å². The second kappa shape index (κ2) is 10.9. The molecule has 0 unspecified atom stereocenters. The smallest absolute Gasteiger partial charge is 0.170 e. The molecule has 3 N–H and O–H groups in total. The van der Waals surface area contributed by atoms with Crippen LogP contribution in [0.1, 0.15) is 17.5 Å². The van der Waals surface area contributed by atoms with Crippen LogP contribution in [0.5, 0.6) is 11.5 Å². The first-order valence-electron chi connectivity index (χ1n) is 9.92. The highest BCUT2D eigenvalue weighted by Crippen LogP contribution is 2.31. The van der Waals surface area contributed by atoms with Crippen LogP contribution >= 0.6 is 0 Å². The van der Waals surface area contributed by atoms with Crippen LogP contribution in [0.2, 0.25) is 0 Å². The molecule has 5 nitrogen and oxygen atoms in total. The van der Waals surface area contributed by atoms with E-state index in [1.54, 1.807) is 12.0 Å². The Kier molecular flexibility index (Phi) is 7.96. The molecule has 2 aromatic rings. The second-order valence-corrected chi connectivity index (χ2v) is 6.97. The van der Waals surface area contributed by atoms with E-state index in [1.165, 1.54) is 18.5 Å². The molecule has 0 saturated carbocycles. The van der Waals surface area contributed by atoms with E-state index in [0.717, 1.165) is 56.5 Å². The number of nitrogens with one attached hydrogen (secondary N) is 1. The quantitative estimate of drug-likeness (QED) is 0.602. The number of nitrogens with two attached hydrogens (primary N) is 1. The number of benzene rings is 2. The number of para-hydroxylation sites is 1. The SMILES string of the molecule is COc1cccc(C[NH2+]CCC[NH+]2CCOCC2)c1OCc1ccccc1. The van der Waals surface area contributed by atoms with Gasteiger partial charge in [-0.1, -0.05) is 36.4 Å². The maximum absolute atomic E-state index is 6.13. The third-order valence-electron chi connectivity index (χ3n) is 5.01. The Labute approximate surface area is 162 Å². The van der Waals surface area contributed by atoms with Gasteiger partial charge in [-0.15, -0.1) is 0 Å². The molecule has 1 saturated heterocycles. The zero-order valence-corrected chi connectivity index (χ0v) is 16.3. The molecule has 1 aliphatic heterocycles. The average molecular weight is 373 g/mol. The summed E-state index contributed by atoms with van der Waals surface area (Å²) >= 11 is 0. The average Bonchev–Trinajstić information content (AvgIpc) is 2.73. The summed E-state index contributed by atoms with van der Waals surface area (Å²) in [6.07, 6.45) is 1.22. The lowest BCUT2D eigenvalue weighted by Gasteiger charge is -2.23. The van der Waals surface area contributed by atoms with Gasteiger partial charge in [0.15, 0.2) is 11.5 Å². The fraction of sp³-hybridized carbons (Fsp3) is 0.455. The summed E-state index contributed by atoms with van der Waals surface area (Å²) in [6.45, 7) is 7.92. The first-order chi connectivity index (χ1) is 13.4. The van der Waals surface area contributed by atoms with Gasteiger partial charge in [-0.2, -0.15) is 0 Å². The van der Waals surface area contributed by atoms with Gasteiger partial charge in [-0.05, 0) is 17.7 Å². The Morgan fingerprint density at radius 3 is 2.63 bits per heavy atom. The van der Waals surface area contributed by atoms with Crippen LogP contribution in [-0.4, -0.2) is 46.5 Å². The Bertz CT molecular complexity index is 673. The maximum atomic E-state index is 6.13. The van der Waals surface area contributed by atoms with Crippen molar-refractivity contribution in [2.75, 3.05) is 46.5 Å². The number of quaternary nitrogens is 2. The van der Waals surface area contributed by atoms with Gasteiger partial charge in [-0.3, -0.25) is 0 Å². The number of hydrogen-bond donors (Lipinski definition) is 2. The molecule has 1 fully saturated rings. The highest BCUT2D eigenvalue weighted by atomic mass is 16.5. The van der Waals surface area contributed by atoms with Crippen molar-refractivity contribution in [2.24, 2.45) is 0 Å². The molecule has 5 heteroatoms. The van der Waals surface area contributed by atoms with E-state index in [2.05, 4.69) is 23.5 Å². The van der Waals surface area contributed by atoms with Crippen molar-refractivity contribution >= 4 is 0 Å². The van der Waals surface area contributed by atoms with E-state index < -0.39 is 0 Å². The summed E-state index contributed by atoms with van der Waals surface area (Å²) in [5.74, 6) is 1.66. The van der Waals surface area contributed by atoms with Crippen molar-refractivity contribution in [3.63, 3.8) is 0 Å². The zero-order valence-electron chi connectivity index (χ0n) is 16.3. The molecule has 0 amide bonds. The van der Waals surface area contributed by atoms with Crippen LogP contribution < -0.4 is 19.7 Å². The van der Waals surface area contributed by atoms with Crippen LogP contribution in [0.15, 0.2) is 48.5 Å². The summed E-state index contributed by atoms with van der Waals surface area (Å²) in [5.41, 5.74) is 2.34. The van der Waals surface area contributed by atoms with Crippen molar-refractivity contribution < 1.29 is 24.4 Å². The molecule has 2 aromatic carbocycles. The Balaban J connectivity index is 1.49. The summed E-state index contributed by atoms with van der Waals surface area (Å²) in [7, 11) is 1.70. The van der Waals surface area contributed by atoms with Gasteiger partial charge in [0, 0.05) is 6.42 Å². The van der Waals surface area contributed by atoms with Gasteiger partial charge in [-0.25, -0.2) is 0 Å². The van der Waals surface area contributed by atoms with E-state index in [9.17, 15) is 0 Å². The molecule has 0 radical (unpaired) electrons. The van der Waals surface area contributed by atoms with Gasteiger partial charge in [0.25, 0.3) is 0 Å². The summed E-state index contributed by atoms with van der Waals surface area (Å²) in [5, 5.41) is 2.37. The molecule has 0 spiro atoms. The Hall–Kier alpha value is -2.08. The first-order valence-corrected chi connectivity index (χ1v) is 9.92. The second-order valence-electron chi connectivity index (χ2n) is 6.97. The minimum absolute atomic E-state index is 0.550. The highest BCUT2D eigenvalue weighted by molar-refractivity contribution is 5.46. The molecule has 0 atom stereocenters. The molecule has 3 rings (SSSR count). The van der Waals surface area contributed by atoms with Crippen LogP contribution in [0.4, 0.5) is 0 Å². The fourth-order valence-electron chi connectivity index (χ4n) is 3.44. The van der Waals surface area contributed by atoms with Gasteiger partial charge >= 0.3 is 0 Å². The third kappa shape index (κ3) is 6.24. The topological polar surface area (TPSA) is 48.7 Å². The number of morpholine rings is 1. The summed E-state index contributed by atoms with van der Waals surface area (Å²) in [6, 6.07) is 16.4. The predicted molar refractivity (Wildman–Crippen MR) is 105 cm³/mol. The van der Waals surface area contributed by atoms with Crippen LogP contribution in [0.3, 0.4) is 0 Å². The monoisotopic (exact) mass is 372 g/mol. The molecule has 1 heterocycles. The van der Waals surface area contributed by atoms with E-state index in [0.29, 0.717) is 6.61 Å². The van der Waals surface area contributed by atoms with Crippen LogP contribution in [0, 0.1) is 0 Å². The van der Waals surface area contributed by atoms with E-state index in [1.807, 2.05) is 30.3 Å². The first kappa shape index (κ1) is 19.7. The van der Waals surface area contributed by atoms with Gasteiger partial charge in [0.1, 0.15) is 26.2 Å². The van der Waals surface area contributed by atoms with E-state index in [-0.39, 0.29) is 0 Å². The minimum Gasteiger partial charge on any atom is -0.493 e. The molecule has 0 bridgehead atoms. The van der Waals surface area contributed by atoms with E-state index in [4.69, 9.17) is 14.2 Å². The van der Waals surface area contributed by atoms with Gasteiger partial charge in [0.2, 0.25) is 0 Å². The normalized spacial score (nSPS) is 14.9. The molecule has 0 aliphatic carbocycles. The van der Waals surface area contributed by atoms with Gasteiger partial charge in [0.05, 0.1) is 39.0 Å². The summed E-state index contributed by atoms with van der Waals surface area (Å²) in [4.78, 5) is 1.67. The van der Waals surface area contributed by atoms with Crippen LogP contribution in [-0.2, 0) is 17.9 Å². The molecule has 1 aliphatic rings. The molecular weight excluding hydrogens is 340 g/mol. The van der Waals surface area contributed by atoms with Crippen molar-refractivity contribution in [2.45, 2.75) is 19.6 Å². The third-order valence-corrected chi connectivity index (χ3v) is 5.01. The summed E-state index contributed by atoms with van der Waals surface area (Å²) < 4.78 is 17.1. The standard InChI is InChI=1S/C22H30N2O3/c1-25-21-10-5-9-20(22(21)27-18-19-7-3-2-4-8-19)17-23-11-6-12-24-13-15-26-16-14-24/h2-5,7-10,23H,6,11-18H2,1H3/p+2. The molecular formula is C22H32N2O3+2. The molecule has 146 valence electrons. The number of rotatable bonds is 10. The van der Waals surface area contributed by atoms with Gasteiger partial charge < -0.3 is 24.4 Å². The lowest BCUT2D eigenvalue weighted by atomic mass is 10.1. The fourth-order valence-corrected chi connectivity index (χ4v) is 3.44. The van der Waals surface area contributed by atoms with E-state index >= 15 is 0 Å².